The van der Waals surface area contributed by atoms with Gasteiger partial charge in [-0.3, -0.25) is 0 Å². The Morgan fingerprint density at radius 1 is 0.143 bits per heavy atom. The number of alkyl halides is 51. The van der Waals surface area contributed by atoms with E-state index in [4.69, 9.17) is 0 Å². The molecule has 0 spiro atoms. The molecular weight excluding hydrogens is 1500 g/mol. The molecule has 1 atom stereocenters. The summed E-state index contributed by atoms with van der Waals surface area (Å²) >= 11 is 0. The van der Waals surface area contributed by atoms with Crippen molar-refractivity contribution < 1.29 is 224 Å². The minimum atomic E-state index is -9.65. The van der Waals surface area contributed by atoms with E-state index in [0.29, 0.717) is 0 Å². The van der Waals surface area contributed by atoms with E-state index < -0.39 is 187 Å². The average molecular weight is 1510 g/mol. The topological polar surface area (TPSA) is 0 Å². The average Bonchev–Trinajstić information content (AvgIpc) is 3.24. The van der Waals surface area contributed by atoms with Crippen LogP contribution in [0.1, 0.15) is 38.5 Å². The highest BCUT2D eigenvalue weighted by Crippen LogP contribution is 2.69. The van der Waals surface area contributed by atoms with E-state index >= 15 is 0 Å². The van der Waals surface area contributed by atoms with Gasteiger partial charge < -0.3 is 0 Å². The monoisotopic (exact) mass is 1510 g/mol. The summed E-state index contributed by atoms with van der Waals surface area (Å²) in [6, 6.07) is 0. The number of rotatable bonds is 27. The van der Waals surface area contributed by atoms with Gasteiger partial charge in [-0.2, -0.15) is 224 Å². The molecule has 84 heavy (non-hydrogen) atoms. The Bertz CT molecular complexity index is 2010. The van der Waals surface area contributed by atoms with Crippen molar-refractivity contribution >= 4 is 33.2 Å². The van der Waals surface area contributed by atoms with Gasteiger partial charge in [0, 0.05) is 19.3 Å². The van der Waals surface area contributed by atoms with E-state index in [9.17, 15) is 224 Å². The molecule has 0 aliphatic carbocycles. The molecule has 0 rings (SSSR count). The van der Waals surface area contributed by atoms with Crippen LogP contribution >= 0.6 is 33.2 Å². The van der Waals surface area contributed by atoms with Gasteiger partial charge in [0.15, 0.2) is 0 Å². The maximum atomic E-state index is 14.8. The second-order valence-electron chi connectivity index (χ2n) is 16.8. The first kappa shape index (κ1) is 83.7. The normalized spacial score (nSPS) is 17.0. The van der Waals surface area contributed by atoms with E-state index in [1.54, 1.807) is 0 Å². The fourth-order valence-corrected chi connectivity index (χ4v) is 6.09. The molecule has 0 fully saturated rings. The third kappa shape index (κ3) is 11.4. The number of halogens is 52. The molecule has 0 saturated carbocycles. The van der Waals surface area contributed by atoms with Crippen LogP contribution in [0.3, 0.4) is 0 Å². The van der Waals surface area contributed by atoms with E-state index in [-0.39, 0.29) is 33.2 Å². The first-order valence-corrected chi connectivity index (χ1v) is 19.4. The van der Waals surface area contributed by atoms with Gasteiger partial charge in [-0.05, 0) is 24.4 Å². The van der Waals surface area contributed by atoms with Crippen LogP contribution in [0.4, 0.5) is 224 Å². The molecule has 0 aliphatic heterocycles. The third-order valence-corrected chi connectivity index (χ3v) is 12.0. The summed E-state index contributed by atoms with van der Waals surface area (Å²) in [5.41, 5.74) is 0. The van der Waals surface area contributed by atoms with E-state index in [2.05, 4.69) is 0 Å². The Balaban J connectivity index is 0. The Labute approximate surface area is 444 Å². The van der Waals surface area contributed by atoms with Gasteiger partial charge in [-0.15, -0.1) is 33.2 Å². The third-order valence-electron chi connectivity index (χ3n) is 11.2. The van der Waals surface area contributed by atoms with Crippen molar-refractivity contribution in [3.63, 3.8) is 0 Å². The summed E-state index contributed by atoms with van der Waals surface area (Å²) < 4.78 is 700. The van der Waals surface area contributed by atoms with Crippen molar-refractivity contribution in [3.8, 4) is 0 Å². The van der Waals surface area contributed by atoms with Crippen LogP contribution in [0.5, 0.6) is 0 Å². The molecule has 0 bridgehead atoms. The van der Waals surface area contributed by atoms with Gasteiger partial charge >= 0.3 is 143 Å². The lowest BCUT2D eigenvalue weighted by Gasteiger charge is -2.44. The van der Waals surface area contributed by atoms with Crippen LogP contribution in [-0.2, 0) is 0 Å². The fraction of sp³-hybridized carbons (Fsp3) is 1.00. The van der Waals surface area contributed by atoms with Gasteiger partial charge in [0.05, 0.1) is 0 Å². The molecule has 1 unspecified atom stereocenters. The van der Waals surface area contributed by atoms with Crippen LogP contribution in [0.15, 0.2) is 0 Å². The lowest BCUT2D eigenvalue weighted by Crippen LogP contribution is -2.74. The number of hydrogen-bond acceptors (Lipinski definition) is 0. The van der Waals surface area contributed by atoms with Crippen molar-refractivity contribution in [2.75, 3.05) is 0 Å². The van der Waals surface area contributed by atoms with Crippen molar-refractivity contribution in [1.29, 1.82) is 0 Å². The zero-order valence-corrected chi connectivity index (χ0v) is 40.5. The SMILES string of the molecule is FC(F)(F)C(F)(F)C(F)(F)C(F)(F)C(F)(F)C(F)(F)C(F)(F)C(F)(F)CCC(P)(CCC(F)(F)C(F)(F)C(F)(F)C(F)(F)C(F)(F)C(F)(F)C(F)(F)C(F)(F)F)CCC(F)(F)C(F)(F)C(F)(F)C(F)(F)C(F)(F)C(F)(F)C(F)(F)C(F)(F)F.I. The van der Waals surface area contributed by atoms with E-state index in [1.807, 2.05) is 0 Å². The first-order chi connectivity index (χ1) is 34.9. The van der Waals surface area contributed by atoms with Crippen molar-refractivity contribution in [3.05, 3.63) is 0 Å². The molecule has 508 valence electrons. The van der Waals surface area contributed by atoms with E-state index in [1.165, 1.54) is 0 Å². The molecule has 0 aromatic carbocycles. The van der Waals surface area contributed by atoms with Gasteiger partial charge in [-0.25, -0.2) is 0 Å². The lowest BCUT2D eigenvalue weighted by molar-refractivity contribution is -0.462. The standard InChI is InChI=1S/C31H14F51P.HI/c32-8(33,11(38,39)14(44,45)17(50,51)20(56,57)23(62,63)26(68,69)29(74,75)76)4-1-7(83,2-5-9(34,35)12(40,41)15(46,47)18(52,53)21(58,59)24(64,65)27(70,71)30(77,78)79)3-6-10(36,37)13(42,43)16(48,49)19(54,55)22(60,61)25(66,67)28(72,73)31(80,81)82;/h1-6,83H2;1H. The molecule has 0 saturated heterocycles. The fourth-order valence-electron chi connectivity index (χ4n) is 5.65. The van der Waals surface area contributed by atoms with Crippen LogP contribution in [0, 0.1) is 0 Å². The predicted octanol–water partition coefficient (Wildman–Crippen LogP) is 19.6. The van der Waals surface area contributed by atoms with Crippen LogP contribution in [0.25, 0.3) is 0 Å². The summed E-state index contributed by atoms with van der Waals surface area (Å²) in [7, 11) is -0.251. The Morgan fingerprint density at radius 3 is 0.345 bits per heavy atom. The van der Waals surface area contributed by atoms with Crippen LogP contribution < -0.4 is 0 Å². The summed E-state index contributed by atoms with van der Waals surface area (Å²) in [5.74, 6) is -193. The molecule has 53 heteroatoms. The summed E-state index contributed by atoms with van der Waals surface area (Å²) in [5, 5.41) is -5.16. The number of hydrogen-bond donors (Lipinski definition) is 0. The highest BCUT2D eigenvalue weighted by molar-refractivity contribution is 14.0. The van der Waals surface area contributed by atoms with Gasteiger partial charge in [0.2, 0.25) is 0 Å². The van der Waals surface area contributed by atoms with Gasteiger partial charge in [0.1, 0.15) is 0 Å². The van der Waals surface area contributed by atoms with Crippen molar-refractivity contribution in [2.24, 2.45) is 0 Å². The summed E-state index contributed by atoms with van der Waals surface area (Å²) in [4.78, 5) is 0. The Kier molecular flexibility index (Phi) is 21.6. The van der Waals surface area contributed by atoms with Gasteiger partial charge in [-0.1, -0.05) is 0 Å². The molecule has 0 heterocycles. The Hall–Kier alpha value is -2.41. The molecule has 0 aromatic rings. The molecule has 0 aliphatic rings. The second kappa shape index (κ2) is 21.6. The molecule has 0 nitrogen and oxygen atoms in total. The lowest BCUT2D eigenvalue weighted by atomic mass is 9.81. The zero-order chi connectivity index (χ0) is 68.7. The Morgan fingerprint density at radius 2 is 0.238 bits per heavy atom. The smallest absolute Gasteiger partial charge is 0.200 e. The van der Waals surface area contributed by atoms with Crippen LogP contribution in [0.2, 0.25) is 0 Å². The highest BCUT2D eigenvalue weighted by atomic mass is 127. The maximum Gasteiger partial charge on any atom is 0.460 e. The molecule has 0 amide bonds. The van der Waals surface area contributed by atoms with Crippen LogP contribution in [-0.4, -0.2) is 148 Å². The summed E-state index contributed by atoms with van der Waals surface area (Å²) in [6.07, 6.45) is -50.6. The molecular formula is C31H15F51IP. The minimum absolute atomic E-state index is 0. The molecule has 0 N–H and O–H groups in total. The van der Waals surface area contributed by atoms with E-state index in [0.717, 1.165) is 0 Å². The minimum Gasteiger partial charge on any atom is -0.200 e. The zero-order valence-electron chi connectivity index (χ0n) is 37.0. The highest BCUT2D eigenvalue weighted by Gasteiger charge is 2.98. The van der Waals surface area contributed by atoms with Gasteiger partial charge in [0.25, 0.3) is 0 Å². The molecule has 0 radical (unpaired) electrons. The summed E-state index contributed by atoms with van der Waals surface area (Å²) in [6.45, 7) is 0. The quantitative estimate of drug-likeness (QED) is 0.0437. The predicted molar refractivity (Wildman–Crippen MR) is 178 cm³/mol. The van der Waals surface area contributed by atoms with Crippen molar-refractivity contribution in [2.45, 2.75) is 187 Å². The van der Waals surface area contributed by atoms with Crippen molar-refractivity contribution in [1.82, 2.24) is 0 Å². The largest absolute Gasteiger partial charge is 0.460 e. The second-order valence-corrected chi connectivity index (χ2v) is 18.0. The molecule has 0 aromatic heterocycles. The first-order valence-electron chi connectivity index (χ1n) is 18.8. The maximum absolute atomic E-state index is 14.8.